The molecule has 0 saturated heterocycles. The van der Waals surface area contributed by atoms with Crippen LogP contribution in [0.3, 0.4) is 0 Å². The Hall–Kier alpha value is -2.33. The first kappa shape index (κ1) is 23.0. The van der Waals surface area contributed by atoms with Gasteiger partial charge in [-0.3, -0.25) is 9.59 Å². The number of aryl methyl sites for hydroxylation is 2. The normalized spacial score (nSPS) is 12.9. The van der Waals surface area contributed by atoms with Crippen LogP contribution in [0.2, 0.25) is 5.02 Å². The Morgan fingerprint density at radius 3 is 2.34 bits per heavy atom. The molecule has 0 unspecified atom stereocenters. The summed E-state index contributed by atoms with van der Waals surface area (Å²) in [7, 11) is 0. The van der Waals surface area contributed by atoms with Gasteiger partial charge in [-0.05, 0) is 50.8 Å². The van der Waals surface area contributed by atoms with Gasteiger partial charge in [0.1, 0.15) is 6.04 Å². The molecule has 0 bridgehead atoms. The molecule has 156 valence electrons. The zero-order valence-corrected chi connectivity index (χ0v) is 18.5. The minimum Gasteiger partial charge on any atom is -0.352 e. The maximum atomic E-state index is 13.1. The Morgan fingerprint density at radius 2 is 1.72 bits per heavy atom. The number of carbonyl (C=O) groups excluding carboxylic acids is 2. The van der Waals surface area contributed by atoms with Crippen molar-refractivity contribution in [3.63, 3.8) is 0 Å². The van der Waals surface area contributed by atoms with Crippen LogP contribution in [0.5, 0.6) is 0 Å². The van der Waals surface area contributed by atoms with Gasteiger partial charge in [-0.1, -0.05) is 66.6 Å². The third-order valence-corrected chi connectivity index (χ3v) is 5.58. The molecule has 2 aromatic carbocycles. The van der Waals surface area contributed by atoms with Gasteiger partial charge in [0.2, 0.25) is 11.8 Å². The average Bonchev–Trinajstić information content (AvgIpc) is 2.71. The predicted molar refractivity (Wildman–Crippen MR) is 119 cm³/mol. The van der Waals surface area contributed by atoms with Crippen LogP contribution < -0.4 is 5.32 Å². The van der Waals surface area contributed by atoms with Gasteiger partial charge in [0.25, 0.3) is 0 Å². The lowest BCUT2D eigenvalue weighted by molar-refractivity contribution is -0.140. The first-order valence-corrected chi connectivity index (χ1v) is 10.6. The molecule has 2 amide bonds. The molecule has 2 aromatic rings. The number of hydrogen-bond donors (Lipinski definition) is 1. The number of halogens is 1. The van der Waals surface area contributed by atoms with E-state index in [1.807, 2.05) is 63.2 Å². The largest absolute Gasteiger partial charge is 0.352 e. The Labute approximate surface area is 179 Å². The molecule has 29 heavy (non-hydrogen) atoms. The van der Waals surface area contributed by atoms with Crippen molar-refractivity contribution in [2.45, 2.75) is 65.6 Å². The van der Waals surface area contributed by atoms with E-state index in [0.29, 0.717) is 24.4 Å². The maximum absolute atomic E-state index is 13.1. The van der Waals surface area contributed by atoms with Crippen LogP contribution >= 0.6 is 11.6 Å². The second kappa shape index (κ2) is 11.0. The molecular formula is C24H31ClN2O2. The van der Waals surface area contributed by atoms with Crippen molar-refractivity contribution in [3.05, 3.63) is 70.2 Å². The molecule has 0 aromatic heterocycles. The van der Waals surface area contributed by atoms with Gasteiger partial charge < -0.3 is 10.2 Å². The monoisotopic (exact) mass is 414 g/mol. The molecular weight excluding hydrogens is 384 g/mol. The topological polar surface area (TPSA) is 49.4 Å². The molecule has 0 aliphatic rings. The van der Waals surface area contributed by atoms with E-state index >= 15 is 0 Å². The summed E-state index contributed by atoms with van der Waals surface area (Å²) in [5.74, 6) is -0.201. The maximum Gasteiger partial charge on any atom is 0.242 e. The molecule has 0 radical (unpaired) electrons. The summed E-state index contributed by atoms with van der Waals surface area (Å²) in [6.07, 6.45) is 1.82. The zero-order chi connectivity index (χ0) is 21.4. The van der Waals surface area contributed by atoms with Crippen LogP contribution in [-0.4, -0.2) is 28.8 Å². The molecule has 0 saturated carbocycles. The van der Waals surface area contributed by atoms with E-state index < -0.39 is 6.04 Å². The van der Waals surface area contributed by atoms with E-state index in [9.17, 15) is 9.59 Å². The van der Waals surface area contributed by atoms with Crippen molar-refractivity contribution in [3.8, 4) is 0 Å². The van der Waals surface area contributed by atoms with Crippen molar-refractivity contribution in [1.29, 1.82) is 0 Å². The summed E-state index contributed by atoms with van der Waals surface area (Å²) in [5, 5.41) is 3.57. The van der Waals surface area contributed by atoms with Crippen LogP contribution in [-0.2, 0) is 22.6 Å². The molecule has 0 fully saturated rings. The Balaban J connectivity index is 2.15. The Kier molecular flexibility index (Phi) is 8.71. The lowest BCUT2D eigenvalue weighted by Gasteiger charge is -2.30. The number of amides is 2. The number of rotatable bonds is 9. The smallest absolute Gasteiger partial charge is 0.242 e. The quantitative estimate of drug-likeness (QED) is 0.633. The Morgan fingerprint density at radius 1 is 1.07 bits per heavy atom. The second-order valence-electron chi connectivity index (χ2n) is 7.59. The standard InChI is InChI=1S/C24H31ClN2O2/c1-5-18(3)26-24(29)19(4)27(16-21-8-6-7-9-22(21)25)23(28)15-14-20-12-10-17(2)11-13-20/h6-13,18-19H,5,14-16H2,1-4H3,(H,26,29)/t18-,19+/m1/s1. The van der Waals surface area contributed by atoms with Gasteiger partial charge in [0, 0.05) is 24.0 Å². The molecule has 5 heteroatoms. The van der Waals surface area contributed by atoms with E-state index in [-0.39, 0.29) is 17.9 Å². The first-order chi connectivity index (χ1) is 13.8. The van der Waals surface area contributed by atoms with Gasteiger partial charge in [-0.25, -0.2) is 0 Å². The van der Waals surface area contributed by atoms with Gasteiger partial charge in [-0.2, -0.15) is 0 Å². The molecule has 1 N–H and O–H groups in total. The van der Waals surface area contributed by atoms with Crippen molar-refractivity contribution in [2.75, 3.05) is 0 Å². The molecule has 0 aliphatic heterocycles. The van der Waals surface area contributed by atoms with Crippen molar-refractivity contribution < 1.29 is 9.59 Å². The molecule has 0 heterocycles. The van der Waals surface area contributed by atoms with Crippen molar-refractivity contribution in [1.82, 2.24) is 10.2 Å². The SMILES string of the molecule is CC[C@@H](C)NC(=O)[C@H](C)N(Cc1ccccc1Cl)C(=O)CCc1ccc(C)cc1. The van der Waals surface area contributed by atoms with E-state index in [1.54, 1.807) is 17.9 Å². The van der Waals surface area contributed by atoms with Crippen molar-refractivity contribution >= 4 is 23.4 Å². The highest BCUT2D eigenvalue weighted by Gasteiger charge is 2.27. The van der Waals surface area contributed by atoms with Crippen LogP contribution in [0.4, 0.5) is 0 Å². The number of nitrogens with zero attached hydrogens (tertiary/aromatic N) is 1. The summed E-state index contributed by atoms with van der Waals surface area (Å²) in [4.78, 5) is 27.4. The Bertz CT molecular complexity index is 820. The predicted octanol–water partition coefficient (Wildman–Crippen LogP) is 4.91. The van der Waals surface area contributed by atoms with E-state index in [0.717, 1.165) is 17.5 Å². The highest BCUT2D eigenvalue weighted by molar-refractivity contribution is 6.31. The second-order valence-corrected chi connectivity index (χ2v) is 8.00. The minimum atomic E-state index is -0.578. The van der Waals surface area contributed by atoms with E-state index in [2.05, 4.69) is 5.32 Å². The van der Waals surface area contributed by atoms with Crippen LogP contribution in [0.25, 0.3) is 0 Å². The summed E-state index contributed by atoms with van der Waals surface area (Å²) in [6.45, 7) is 8.10. The number of nitrogens with one attached hydrogen (secondary N) is 1. The summed E-state index contributed by atoms with van der Waals surface area (Å²) < 4.78 is 0. The first-order valence-electron chi connectivity index (χ1n) is 10.2. The molecule has 4 nitrogen and oxygen atoms in total. The molecule has 2 rings (SSSR count). The van der Waals surface area contributed by atoms with Gasteiger partial charge >= 0.3 is 0 Å². The molecule has 0 aliphatic carbocycles. The average molecular weight is 415 g/mol. The molecule has 0 spiro atoms. The van der Waals surface area contributed by atoms with Crippen LogP contribution in [0, 0.1) is 6.92 Å². The number of benzene rings is 2. The fourth-order valence-corrected chi connectivity index (χ4v) is 3.20. The number of hydrogen-bond acceptors (Lipinski definition) is 2. The van der Waals surface area contributed by atoms with E-state index in [4.69, 9.17) is 11.6 Å². The number of carbonyl (C=O) groups is 2. The fraction of sp³-hybridized carbons (Fsp3) is 0.417. The van der Waals surface area contributed by atoms with Gasteiger partial charge in [0.15, 0.2) is 0 Å². The van der Waals surface area contributed by atoms with Gasteiger partial charge in [-0.15, -0.1) is 0 Å². The summed E-state index contributed by atoms with van der Waals surface area (Å²) in [5.41, 5.74) is 3.13. The highest BCUT2D eigenvalue weighted by Crippen LogP contribution is 2.20. The summed E-state index contributed by atoms with van der Waals surface area (Å²) >= 11 is 6.31. The highest BCUT2D eigenvalue weighted by atomic mass is 35.5. The van der Waals surface area contributed by atoms with Crippen molar-refractivity contribution in [2.24, 2.45) is 0 Å². The van der Waals surface area contributed by atoms with Crippen LogP contribution in [0.15, 0.2) is 48.5 Å². The fourth-order valence-electron chi connectivity index (χ4n) is 3.01. The lowest BCUT2D eigenvalue weighted by Crippen LogP contribution is -2.49. The molecule has 2 atom stereocenters. The lowest BCUT2D eigenvalue weighted by atomic mass is 10.1. The summed E-state index contributed by atoms with van der Waals surface area (Å²) in [6, 6.07) is 15.1. The van der Waals surface area contributed by atoms with E-state index in [1.165, 1.54) is 5.56 Å². The minimum absolute atomic E-state index is 0.0581. The zero-order valence-electron chi connectivity index (χ0n) is 17.7. The third kappa shape index (κ3) is 6.90. The third-order valence-electron chi connectivity index (χ3n) is 5.21. The van der Waals surface area contributed by atoms with Gasteiger partial charge in [0.05, 0.1) is 0 Å². The van der Waals surface area contributed by atoms with Crippen LogP contribution in [0.1, 0.15) is 50.3 Å².